The zero-order chi connectivity index (χ0) is 11.9. The maximum Gasteiger partial charge on any atom is 0.337 e. The van der Waals surface area contributed by atoms with Crippen molar-refractivity contribution in [1.29, 1.82) is 0 Å². The smallest absolute Gasteiger partial charge is 0.337 e. The molecule has 2 aromatic rings. The van der Waals surface area contributed by atoms with E-state index < -0.39 is 18.2 Å². The van der Waals surface area contributed by atoms with Crippen molar-refractivity contribution in [2.45, 2.75) is 6.43 Å². The molecule has 2 rings (SSSR count). The van der Waals surface area contributed by atoms with E-state index >= 15 is 0 Å². The van der Waals surface area contributed by atoms with Crippen molar-refractivity contribution in [1.82, 2.24) is 14.6 Å². The average molecular weight is 248 g/mol. The number of rotatable bonds is 2. The Bertz CT molecular complexity index is 570. The molecule has 0 atom stereocenters. The highest BCUT2D eigenvalue weighted by molar-refractivity contribution is 6.33. The van der Waals surface area contributed by atoms with Crippen LogP contribution in [0.15, 0.2) is 12.3 Å². The number of hydrogen-bond donors (Lipinski definition) is 1. The number of aromatic nitrogens is 3. The Morgan fingerprint density at radius 1 is 1.50 bits per heavy atom. The number of halogens is 3. The van der Waals surface area contributed by atoms with Crippen LogP contribution in [-0.2, 0) is 0 Å². The van der Waals surface area contributed by atoms with E-state index in [1.54, 1.807) is 0 Å². The first-order valence-corrected chi connectivity index (χ1v) is 4.44. The summed E-state index contributed by atoms with van der Waals surface area (Å²) in [5, 5.41) is 15.4. The second kappa shape index (κ2) is 3.67. The van der Waals surface area contributed by atoms with Crippen molar-refractivity contribution in [3.63, 3.8) is 0 Å². The lowest BCUT2D eigenvalue weighted by molar-refractivity contribution is 0.0696. The minimum absolute atomic E-state index is 0.00182. The maximum atomic E-state index is 12.5. The van der Waals surface area contributed by atoms with Crippen molar-refractivity contribution >= 4 is 23.2 Å². The zero-order valence-electron chi connectivity index (χ0n) is 7.56. The van der Waals surface area contributed by atoms with Crippen LogP contribution in [0.2, 0.25) is 5.02 Å². The van der Waals surface area contributed by atoms with Crippen molar-refractivity contribution in [3.05, 3.63) is 28.7 Å². The topological polar surface area (TPSA) is 67.5 Å². The van der Waals surface area contributed by atoms with Gasteiger partial charge in [0.1, 0.15) is 0 Å². The molecule has 2 heterocycles. The standard InChI is InChI=1S/C8H4ClF2N3O2/c9-4-1-3(8(15)16)2-14-6(4)12-13-7(14)5(10)11/h1-2,5H,(H,15,16). The predicted octanol–water partition coefficient (Wildman–Crippen LogP) is 2.02. The molecule has 8 heteroatoms. The van der Waals surface area contributed by atoms with Gasteiger partial charge in [0.05, 0.1) is 10.6 Å². The molecule has 1 N–H and O–H groups in total. The maximum absolute atomic E-state index is 12.5. The lowest BCUT2D eigenvalue weighted by Crippen LogP contribution is -2.02. The van der Waals surface area contributed by atoms with Gasteiger partial charge in [-0.1, -0.05) is 11.6 Å². The Morgan fingerprint density at radius 2 is 2.19 bits per heavy atom. The first-order chi connectivity index (χ1) is 7.50. The molecule has 16 heavy (non-hydrogen) atoms. The SMILES string of the molecule is O=C(O)c1cc(Cl)c2nnc(C(F)F)n2c1. The molecular formula is C8H4ClF2N3O2. The lowest BCUT2D eigenvalue weighted by Gasteiger charge is -2.01. The highest BCUT2D eigenvalue weighted by atomic mass is 35.5. The van der Waals surface area contributed by atoms with Gasteiger partial charge in [-0.15, -0.1) is 10.2 Å². The molecule has 0 saturated heterocycles. The van der Waals surface area contributed by atoms with Crippen LogP contribution in [0.4, 0.5) is 8.78 Å². The summed E-state index contributed by atoms with van der Waals surface area (Å²) in [6.45, 7) is 0. The van der Waals surface area contributed by atoms with Crippen molar-refractivity contribution in [2.75, 3.05) is 0 Å². The molecule has 0 aliphatic rings. The monoisotopic (exact) mass is 247 g/mol. The fourth-order valence-corrected chi connectivity index (χ4v) is 1.48. The summed E-state index contributed by atoms with van der Waals surface area (Å²) < 4.78 is 25.8. The molecule has 0 fully saturated rings. The van der Waals surface area contributed by atoms with E-state index in [-0.39, 0.29) is 16.2 Å². The number of alkyl halides is 2. The van der Waals surface area contributed by atoms with Gasteiger partial charge in [0.2, 0.25) is 5.82 Å². The number of fused-ring (bicyclic) bond motifs is 1. The van der Waals surface area contributed by atoms with Crippen molar-refractivity contribution in [3.8, 4) is 0 Å². The summed E-state index contributed by atoms with van der Waals surface area (Å²) in [5.74, 6) is -1.90. The van der Waals surface area contributed by atoms with Gasteiger partial charge in [0, 0.05) is 6.20 Å². The number of carboxylic acid groups (broad SMARTS) is 1. The van der Waals surface area contributed by atoms with E-state index in [4.69, 9.17) is 16.7 Å². The fraction of sp³-hybridized carbons (Fsp3) is 0.125. The van der Waals surface area contributed by atoms with Gasteiger partial charge in [-0.3, -0.25) is 4.40 Å². The van der Waals surface area contributed by atoms with E-state index in [2.05, 4.69) is 10.2 Å². The molecule has 0 aliphatic carbocycles. The van der Waals surface area contributed by atoms with Gasteiger partial charge in [-0.25, -0.2) is 13.6 Å². The molecule has 0 saturated carbocycles. The van der Waals surface area contributed by atoms with Gasteiger partial charge in [0.25, 0.3) is 6.43 Å². The van der Waals surface area contributed by atoms with E-state index in [9.17, 15) is 13.6 Å². The summed E-state index contributed by atoms with van der Waals surface area (Å²) >= 11 is 5.69. The summed E-state index contributed by atoms with van der Waals surface area (Å²) in [6.07, 6.45) is -1.85. The molecular weight excluding hydrogens is 244 g/mol. The quantitative estimate of drug-likeness (QED) is 0.882. The Kier molecular flexibility index (Phi) is 2.47. The average Bonchev–Trinajstić information content (AvgIpc) is 2.61. The first-order valence-electron chi connectivity index (χ1n) is 4.06. The second-order valence-electron chi connectivity index (χ2n) is 2.93. The third kappa shape index (κ3) is 1.58. The summed E-state index contributed by atoms with van der Waals surface area (Å²) in [7, 11) is 0. The number of nitrogens with zero attached hydrogens (tertiary/aromatic N) is 3. The fourth-order valence-electron chi connectivity index (χ4n) is 1.24. The van der Waals surface area contributed by atoms with Gasteiger partial charge >= 0.3 is 5.97 Å². The number of carboxylic acids is 1. The predicted molar refractivity (Wildman–Crippen MR) is 49.9 cm³/mol. The number of hydrogen-bond acceptors (Lipinski definition) is 3. The molecule has 0 radical (unpaired) electrons. The first kappa shape index (κ1) is 10.7. The van der Waals surface area contributed by atoms with Crippen LogP contribution < -0.4 is 0 Å². The Balaban J connectivity index is 2.76. The molecule has 0 amide bonds. The van der Waals surface area contributed by atoms with Gasteiger partial charge in [-0.2, -0.15) is 0 Å². The third-order valence-electron chi connectivity index (χ3n) is 1.93. The van der Waals surface area contributed by atoms with Gasteiger partial charge in [-0.05, 0) is 6.07 Å². The zero-order valence-corrected chi connectivity index (χ0v) is 8.32. The summed E-state index contributed by atoms with van der Waals surface area (Å²) in [5.41, 5.74) is -0.207. The van der Waals surface area contributed by atoms with E-state index in [0.29, 0.717) is 0 Å². The van der Waals surface area contributed by atoms with Crippen LogP contribution >= 0.6 is 11.6 Å². The molecule has 0 spiro atoms. The van der Waals surface area contributed by atoms with Crippen LogP contribution in [0.5, 0.6) is 0 Å². The second-order valence-corrected chi connectivity index (χ2v) is 3.34. The number of pyridine rings is 1. The largest absolute Gasteiger partial charge is 0.478 e. The minimum atomic E-state index is -2.85. The minimum Gasteiger partial charge on any atom is -0.478 e. The Morgan fingerprint density at radius 3 is 2.75 bits per heavy atom. The Labute approximate surface area is 92.3 Å². The molecule has 84 valence electrons. The van der Waals surface area contributed by atoms with Gasteiger partial charge in [0.15, 0.2) is 5.65 Å². The summed E-state index contributed by atoms with van der Waals surface area (Å²) in [6, 6.07) is 1.13. The van der Waals surface area contributed by atoms with Crippen molar-refractivity contribution in [2.24, 2.45) is 0 Å². The number of carbonyl (C=O) groups is 1. The van der Waals surface area contributed by atoms with Crippen LogP contribution in [0, 0.1) is 0 Å². The highest BCUT2D eigenvalue weighted by Gasteiger charge is 2.19. The van der Waals surface area contributed by atoms with Crippen LogP contribution in [0.25, 0.3) is 5.65 Å². The Hall–Kier alpha value is -1.76. The highest BCUT2D eigenvalue weighted by Crippen LogP contribution is 2.23. The van der Waals surface area contributed by atoms with Crippen LogP contribution in [-0.4, -0.2) is 25.7 Å². The van der Waals surface area contributed by atoms with E-state index in [1.165, 1.54) is 0 Å². The molecule has 0 aliphatic heterocycles. The summed E-state index contributed by atoms with van der Waals surface area (Å²) in [4.78, 5) is 10.7. The van der Waals surface area contributed by atoms with E-state index in [0.717, 1.165) is 16.7 Å². The third-order valence-corrected chi connectivity index (χ3v) is 2.21. The molecule has 0 aromatic carbocycles. The molecule has 5 nitrogen and oxygen atoms in total. The normalized spacial score (nSPS) is 11.2. The van der Waals surface area contributed by atoms with Crippen molar-refractivity contribution < 1.29 is 18.7 Å². The lowest BCUT2D eigenvalue weighted by atomic mass is 10.3. The molecule has 0 bridgehead atoms. The van der Waals surface area contributed by atoms with Gasteiger partial charge < -0.3 is 5.11 Å². The van der Waals surface area contributed by atoms with Crippen LogP contribution in [0.1, 0.15) is 22.6 Å². The molecule has 2 aromatic heterocycles. The van der Waals surface area contributed by atoms with Crippen LogP contribution in [0.3, 0.4) is 0 Å². The number of aromatic carboxylic acids is 1. The molecule has 0 unspecified atom stereocenters. The van der Waals surface area contributed by atoms with E-state index in [1.807, 2.05) is 0 Å².